The molecule has 4 nitrogen and oxygen atoms in total. The molecular weight excluding hydrogens is 212 g/mol. The molecule has 0 aliphatic carbocycles. The molecule has 94 valence electrons. The van der Waals surface area contributed by atoms with E-state index in [-0.39, 0.29) is 0 Å². The van der Waals surface area contributed by atoms with Crippen molar-refractivity contribution in [2.24, 2.45) is 5.92 Å². The fraction of sp³-hybridized carbons (Fsp3) is 0.692. The standard InChI is InChI=1S/C13H22N4/c1-5-6-10(4)17-13-11(8-14-17)15-12(16-13)7-9(2)3/h8-10H,5-7H2,1-4H3,(H,15,16)/t10-/m0/s1. The molecule has 2 rings (SSSR count). The maximum absolute atomic E-state index is 4.66. The van der Waals surface area contributed by atoms with Gasteiger partial charge in [-0.2, -0.15) is 5.10 Å². The lowest BCUT2D eigenvalue weighted by atomic mass is 10.1. The lowest BCUT2D eigenvalue weighted by Crippen LogP contribution is -2.07. The highest BCUT2D eigenvalue weighted by Gasteiger charge is 2.13. The summed E-state index contributed by atoms with van der Waals surface area (Å²) in [6.45, 7) is 8.82. The zero-order chi connectivity index (χ0) is 12.4. The number of imidazole rings is 1. The molecule has 0 aromatic carbocycles. The Bertz CT molecular complexity index is 481. The van der Waals surface area contributed by atoms with Crippen LogP contribution in [0, 0.1) is 5.92 Å². The number of hydrogen-bond donors (Lipinski definition) is 1. The Balaban J connectivity index is 2.29. The summed E-state index contributed by atoms with van der Waals surface area (Å²) in [5.74, 6) is 1.70. The number of hydrogen-bond acceptors (Lipinski definition) is 2. The van der Waals surface area contributed by atoms with Gasteiger partial charge in [-0.05, 0) is 19.3 Å². The van der Waals surface area contributed by atoms with E-state index < -0.39 is 0 Å². The average molecular weight is 234 g/mol. The summed E-state index contributed by atoms with van der Waals surface area (Å²) in [5.41, 5.74) is 2.06. The lowest BCUT2D eigenvalue weighted by Gasteiger charge is -2.10. The Labute approximate surface area is 102 Å². The van der Waals surface area contributed by atoms with Gasteiger partial charge in [-0.15, -0.1) is 0 Å². The van der Waals surface area contributed by atoms with Gasteiger partial charge in [0.15, 0.2) is 5.65 Å². The fourth-order valence-electron chi connectivity index (χ4n) is 2.21. The minimum atomic E-state index is 0.424. The van der Waals surface area contributed by atoms with E-state index >= 15 is 0 Å². The van der Waals surface area contributed by atoms with Crippen LogP contribution in [0.4, 0.5) is 0 Å². The smallest absolute Gasteiger partial charge is 0.176 e. The van der Waals surface area contributed by atoms with Gasteiger partial charge in [-0.25, -0.2) is 9.67 Å². The van der Waals surface area contributed by atoms with Crippen LogP contribution in [0.15, 0.2) is 6.20 Å². The molecule has 0 spiro atoms. The summed E-state index contributed by atoms with van der Waals surface area (Å²) in [6.07, 6.45) is 5.20. The van der Waals surface area contributed by atoms with E-state index in [1.54, 1.807) is 0 Å². The molecule has 2 heterocycles. The molecule has 2 aromatic rings. The minimum absolute atomic E-state index is 0.424. The number of aromatic amines is 1. The van der Waals surface area contributed by atoms with E-state index in [4.69, 9.17) is 0 Å². The minimum Gasteiger partial charge on any atom is -0.339 e. The Kier molecular flexibility index (Phi) is 3.50. The van der Waals surface area contributed by atoms with Gasteiger partial charge in [0.05, 0.1) is 12.2 Å². The zero-order valence-electron chi connectivity index (χ0n) is 11.2. The third-order valence-corrected chi connectivity index (χ3v) is 3.01. The normalized spacial score (nSPS) is 13.7. The zero-order valence-corrected chi connectivity index (χ0v) is 11.2. The van der Waals surface area contributed by atoms with Crippen LogP contribution in [-0.2, 0) is 6.42 Å². The predicted molar refractivity (Wildman–Crippen MR) is 70.0 cm³/mol. The van der Waals surface area contributed by atoms with Gasteiger partial charge in [0, 0.05) is 6.42 Å². The summed E-state index contributed by atoms with van der Waals surface area (Å²) in [4.78, 5) is 8.01. The van der Waals surface area contributed by atoms with Crippen LogP contribution < -0.4 is 0 Å². The molecule has 0 saturated carbocycles. The molecule has 0 saturated heterocycles. The van der Waals surface area contributed by atoms with Gasteiger partial charge in [0.1, 0.15) is 11.3 Å². The van der Waals surface area contributed by atoms with Crippen LogP contribution in [0.5, 0.6) is 0 Å². The van der Waals surface area contributed by atoms with E-state index in [9.17, 15) is 0 Å². The first-order valence-electron chi connectivity index (χ1n) is 6.54. The Morgan fingerprint density at radius 2 is 2.12 bits per heavy atom. The van der Waals surface area contributed by atoms with Crippen LogP contribution in [0.3, 0.4) is 0 Å². The third kappa shape index (κ3) is 2.51. The summed E-state index contributed by atoms with van der Waals surface area (Å²) in [7, 11) is 0. The molecule has 4 heteroatoms. The van der Waals surface area contributed by atoms with Crippen LogP contribution in [0.2, 0.25) is 0 Å². The fourth-order valence-corrected chi connectivity index (χ4v) is 2.21. The number of rotatable bonds is 5. The Hall–Kier alpha value is -1.32. The van der Waals surface area contributed by atoms with E-state index in [1.807, 2.05) is 10.9 Å². The molecule has 1 N–H and O–H groups in total. The molecule has 1 atom stereocenters. The highest BCUT2D eigenvalue weighted by Crippen LogP contribution is 2.19. The Morgan fingerprint density at radius 1 is 1.35 bits per heavy atom. The van der Waals surface area contributed by atoms with Crippen molar-refractivity contribution >= 4 is 11.2 Å². The molecule has 0 aliphatic rings. The van der Waals surface area contributed by atoms with Crippen molar-refractivity contribution in [2.45, 2.75) is 53.0 Å². The number of aromatic nitrogens is 4. The number of H-pyrrole nitrogens is 1. The van der Waals surface area contributed by atoms with Gasteiger partial charge < -0.3 is 4.98 Å². The monoisotopic (exact) mass is 234 g/mol. The molecule has 0 bridgehead atoms. The van der Waals surface area contributed by atoms with Crippen molar-refractivity contribution in [3.8, 4) is 0 Å². The molecule has 2 aromatic heterocycles. The molecule has 0 amide bonds. The van der Waals surface area contributed by atoms with Gasteiger partial charge in [0.25, 0.3) is 0 Å². The highest BCUT2D eigenvalue weighted by molar-refractivity contribution is 5.70. The van der Waals surface area contributed by atoms with Crippen LogP contribution in [0.1, 0.15) is 52.4 Å². The van der Waals surface area contributed by atoms with Crippen molar-refractivity contribution < 1.29 is 0 Å². The van der Waals surface area contributed by atoms with E-state index in [0.29, 0.717) is 12.0 Å². The summed E-state index contributed by atoms with van der Waals surface area (Å²) < 4.78 is 2.04. The first-order valence-corrected chi connectivity index (χ1v) is 6.54. The summed E-state index contributed by atoms with van der Waals surface area (Å²) in [5, 5.41) is 4.42. The van der Waals surface area contributed by atoms with Crippen LogP contribution in [0.25, 0.3) is 11.2 Å². The largest absolute Gasteiger partial charge is 0.339 e. The SMILES string of the molecule is CCC[C@H](C)n1ncc2[nH]c(CC(C)C)nc21. The van der Waals surface area contributed by atoms with Gasteiger partial charge >= 0.3 is 0 Å². The van der Waals surface area contributed by atoms with Gasteiger partial charge in [-0.1, -0.05) is 27.2 Å². The molecule has 0 aliphatic heterocycles. The van der Waals surface area contributed by atoms with Crippen molar-refractivity contribution in [2.75, 3.05) is 0 Å². The van der Waals surface area contributed by atoms with Crippen molar-refractivity contribution in [3.05, 3.63) is 12.0 Å². The average Bonchev–Trinajstić information content (AvgIpc) is 2.75. The van der Waals surface area contributed by atoms with Crippen molar-refractivity contribution in [1.29, 1.82) is 0 Å². The second kappa shape index (κ2) is 4.90. The topological polar surface area (TPSA) is 46.5 Å². The van der Waals surface area contributed by atoms with E-state index in [1.165, 1.54) is 6.42 Å². The Morgan fingerprint density at radius 3 is 2.76 bits per heavy atom. The molecular formula is C13H22N4. The lowest BCUT2D eigenvalue weighted by molar-refractivity contribution is 0.465. The predicted octanol–water partition coefficient (Wildman–Crippen LogP) is 3.32. The van der Waals surface area contributed by atoms with E-state index in [2.05, 4.69) is 42.8 Å². The quantitative estimate of drug-likeness (QED) is 0.862. The molecule has 0 unspecified atom stereocenters. The van der Waals surface area contributed by atoms with Crippen molar-refractivity contribution in [1.82, 2.24) is 19.7 Å². The highest BCUT2D eigenvalue weighted by atomic mass is 15.3. The maximum Gasteiger partial charge on any atom is 0.176 e. The second-order valence-corrected chi connectivity index (χ2v) is 5.25. The molecule has 0 fully saturated rings. The van der Waals surface area contributed by atoms with Gasteiger partial charge in [0.2, 0.25) is 0 Å². The summed E-state index contributed by atoms with van der Waals surface area (Å²) >= 11 is 0. The first kappa shape index (κ1) is 12.1. The van der Waals surface area contributed by atoms with Crippen LogP contribution >= 0.6 is 0 Å². The number of nitrogens with one attached hydrogen (secondary N) is 1. The maximum atomic E-state index is 4.66. The number of nitrogens with zero attached hydrogens (tertiary/aromatic N) is 3. The second-order valence-electron chi connectivity index (χ2n) is 5.25. The van der Waals surface area contributed by atoms with Crippen molar-refractivity contribution in [3.63, 3.8) is 0 Å². The number of fused-ring (bicyclic) bond motifs is 1. The van der Waals surface area contributed by atoms with E-state index in [0.717, 1.165) is 29.8 Å². The van der Waals surface area contributed by atoms with Crippen LogP contribution in [-0.4, -0.2) is 19.7 Å². The van der Waals surface area contributed by atoms with Gasteiger partial charge in [-0.3, -0.25) is 0 Å². The third-order valence-electron chi connectivity index (χ3n) is 3.01. The summed E-state index contributed by atoms with van der Waals surface area (Å²) in [6, 6.07) is 0.424. The first-order chi connectivity index (χ1) is 8.11. The molecule has 0 radical (unpaired) electrons. The molecule has 17 heavy (non-hydrogen) atoms.